The fourth-order valence-electron chi connectivity index (χ4n) is 3.33. The molecule has 1 heterocycles. The molecule has 0 aromatic rings. The van der Waals surface area contributed by atoms with Crippen molar-refractivity contribution in [1.29, 1.82) is 0 Å². The topological polar surface area (TPSA) is 18.5 Å². The lowest BCUT2D eigenvalue weighted by Gasteiger charge is -2.46. The second kappa shape index (κ2) is 4.56. The number of hydrogen-bond acceptors (Lipinski definition) is 2. The fourth-order valence-corrected chi connectivity index (χ4v) is 3.67. The van der Waals surface area contributed by atoms with Gasteiger partial charge >= 0.3 is 0 Å². The fraction of sp³-hybridized carbons (Fsp3) is 0.857. The maximum atomic E-state index is 6.58. The Morgan fingerprint density at radius 3 is 2.41 bits per heavy atom. The second-order valence-corrected chi connectivity index (χ2v) is 6.28. The Bertz CT molecular complexity index is 327. The van der Waals surface area contributed by atoms with Crippen LogP contribution in [0.15, 0.2) is 11.1 Å². The molecule has 1 aliphatic carbocycles. The summed E-state index contributed by atoms with van der Waals surface area (Å²) in [5, 5.41) is -0.139. The minimum absolute atomic E-state index is 0.121. The predicted octanol–water partition coefficient (Wildman–Crippen LogP) is 3.88. The quantitative estimate of drug-likeness (QED) is 0.553. The summed E-state index contributed by atoms with van der Waals surface area (Å²) >= 11 is 6.58. The van der Waals surface area contributed by atoms with Crippen molar-refractivity contribution in [2.75, 3.05) is 13.2 Å². The molecule has 3 heteroatoms. The van der Waals surface area contributed by atoms with E-state index in [0.29, 0.717) is 13.2 Å². The van der Waals surface area contributed by atoms with Gasteiger partial charge in [-0.25, -0.2) is 0 Å². The number of halogens is 1. The Morgan fingerprint density at radius 1 is 1.29 bits per heavy atom. The molecule has 1 aliphatic heterocycles. The lowest BCUT2D eigenvalue weighted by molar-refractivity contribution is -0.176. The van der Waals surface area contributed by atoms with Crippen molar-refractivity contribution in [2.24, 2.45) is 5.41 Å². The molecule has 0 amide bonds. The van der Waals surface area contributed by atoms with Gasteiger partial charge in [0.25, 0.3) is 0 Å². The molecule has 2 rings (SSSR count). The molecule has 1 spiro atoms. The van der Waals surface area contributed by atoms with Crippen molar-refractivity contribution in [3.05, 3.63) is 11.1 Å². The maximum absolute atomic E-state index is 6.58. The van der Waals surface area contributed by atoms with E-state index in [4.69, 9.17) is 21.1 Å². The summed E-state index contributed by atoms with van der Waals surface area (Å²) in [7, 11) is 0. The summed E-state index contributed by atoms with van der Waals surface area (Å²) in [5.74, 6) is -0.577. The van der Waals surface area contributed by atoms with E-state index in [-0.39, 0.29) is 10.8 Å². The molecule has 1 unspecified atom stereocenters. The molecular formula is C14H23ClO2. The van der Waals surface area contributed by atoms with Crippen LogP contribution < -0.4 is 0 Å². The molecular weight excluding hydrogens is 236 g/mol. The normalized spacial score (nSPS) is 31.2. The highest BCUT2D eigenvalue weighted by atomic mass is 35.5. The summed E-state index contributed by atoms with van der Waals surface area (Å²) in [6.45, 7) is 10.2. The summed E-state index contributed by atoms with van der Waals surface area (Å²) in [6.07, 6.45) is 3.15. The van der Waals surface area contributed by atoms with Gasteiger partial charge in [0.05, 0.1) is 13.2 Å². The summed E-state index contributed by atoms with van der Waals surface area (Å²) in [4.78, 5) is 0. The van der Waals surface area contributed by atoms with Gasteiger partial charge in [0.2, 0.25) is 0 Å². The second-order valence-electron chi connectivity index (χ2n) is 5.84. The number of rotatable bonds is 2. The van der Waals surface area contributed by atoms with Gasteiger partial charge in [-0.3, -0.25) is 0 Å². The van der Waals surface area contributed by atoms with Crippen LogP contribution in [0, 0.1) is 5.41 Å². The molecule has 1 fully saturated rings. The van der Waals surface area contributed by atoms with E-state index < -0.39 is 5.79 Å². The van der Waals surface area contributed by atoms with E-state index in [2.05, 4.69) is 27.7 Å². The van der Waals surface area contributed by atoms with Gasteiger partial charge < -0.3 is 9.47 Å². The van der Waals surface area contributed by atoms with Crippen LogP contribution in [-0.4, -0.2) is 24.4 Å². The van der Waals surface area contributed by atoms with Crippen molar-refractivity contribution in [2.45, 2.75) is 58.1 Å². The molecule has 17 heavy (non-hydrogen) atoms. The smallest absolute Gasteiger partial charge is 0.189 e. The lowest BCUT2D eigenvalue weighted by Crippen LogP contribution is -2.49. The van der Waals surface area contributed by atoms with Crippen LogP contribution in [0.4, 0.5) is 0 Å². The van der Waals surface area contributed by atoms with Gasteiger partial charge in [-0.2, -0.15) is 0 Å². The predicted molar refractivity (Wildman–Crippen MR) is 70.3 cm³/mol. The third kappa shape index (κ3) is 2.16. The van der Waals surface area contributed by atoms with Crippen LogP contribution in [-0.2, 0) is 9.47 Å². The Labute approximate surface area is 109 Å². The summed E-state index contributed by atoms with van der Waals surface area (Å²) < 4.78 is 11.7. The Balaban J connectivity index is 2.38. The third-order valence-corrected chi connectivity index (χ3v) is 4.68. The summed E-state index contributed by atoms with van der Waals surface area (Å²) in [6, 6.07) is 0. The number of allylic oxidation sites excluding steroid dienone is 1. The van der Waals surface area contributed by atoms with Gasteiger partial charge in [-0.15, -0.1) is 11.6 Å². The Hall–Kier alpha value is -0.0500. The highest BCUT2D eigenvalue weighted by Crippen LogP contribution is 2.51. The van der Waals surface area contributed by atoms with E-state index in [1.54, 1.807) is 0 Å². The molecule has 0 bridgehead atoms. The van der Waals surface area contributed by atoms with Gasteiger partial charge in [0.15, 0.2) is 5.79 Å². The zero-order valence-corrected chi connectivity index (χ0v) is 12.1. The summed E-state index contributed by atoms with van der Waals surface area (Å²) in [5.41, 5.74) is 2.87. The molecule has 98 valence electrons. The highest BCUT2D eigenvalue weighted by Gasteiger charge is 2.52. The number of alkyl halides is 1. The molecule has 2 aliphatic rings. The van der Waals surface area contributed by atoms with E-state index in [1.165, 1.54) is 11.1 Å². The van der Waals surface area contributed by atoms with E-state index in [0.717, 1.165) is 19.3 Å². The molecule has 1 atom stereocenters. The third-order valence-electron chi connectivity index (χ3n) is 4.02. The van der Waals surface area contributed by atoms with Crippen LogP contribution >= 0.6 is 11.6 Å². The minimum Gasteiger partial charge on any atom is -0.346 e. The first kappa shape index (κ1) is 13.4. The first-order chi connectivity index (χ1) is 7.93. The van der Waals surface area contributed by atoms with Crippen LogP contribution in [0.5, 0.6) is 0 Å². The van der Waals surface area contributed by atoms with E-state index >= 15 is 0 Å². The highest BCUT2D eigenvalue weighted by molar-refractivity contribution is 6.23. The van der Waals surface area contributed by atoms with Gasteiger partial charge in [0.1, 0.15) is 5.38 Å². The standard InChI is InChI=1S/C14H23ClO2/c1-5-6-11-10(2)12(15)14(9-13(11,3)4)16-7-8-17-14/h12H,5-9H2,1-4H3. The maximum Gasteiger partial charge on any atom is 0.189 e. The lowest BCUT2D eigenvalue weighted by atomic mass is 9.68. The first-order valence-corrected chi connectivity index (χ1v) is 6.99. The van der Waals surface area contributed by atoms with Crippen molar-refractivity contribution >= 4 is 11.6 Å². The van der Waals surface area contributed by atoms with Gasteiger partial charge in [-0.05, 0) is 18.8 Å². The van der Waals surface area contributed by atoms with Crippen molar-refractivity contribution in [3.8, 4) is 0 Å². The van der Waals surface area contributed by atoms with Crippen molar-refractivity contribution < 1.29 is 9.47 Å². The largest absolute Gasteiger partial charge is 0.346 e. The van der Waals surface area contributed by atoms with E-state index in [9.17, 15) is 0 Å². The SMILES string of the molecule is CCCC1=C(C)C(Cl)C2(CC1(C)C)OCCO2. The molecule has 0 radical (unpaired) electrons. The van der Waals surface area contributed by atoms with Gasteiger partial charge in [0, 0.05) is 6.42 Å². The Morgan fingerprint density at radius 2 is 1.88 bits per heavy atom. The van der Waals surface area contributed by atoms with E-state index in [1.807, 2.05) is 0 Å². The average molecular weight is 259 g/mol. The molecule has 0 N–H and O–H groups in total. The zero-order chi connectivity index (χ0) is 12.7. The first-order valence-electron chi connectivity index (χ1n) is 6.55. The molecule has 0 saturated carbocycles. The zero-order valence-electron chi connectivity index (χ0n) is 11.3. The van der Waals surface area contributed by atoms with Crippen molar-refractivity contribution in [1.82, 2.24) is 0 Å². The molecule has 2 nitrogen and oxygen atoms in total. The molecule has 1 saturated heterocycles. The number of ether oxygens (including phenoxy) is 2. The average Bonchev–Trinajstić information content (AvgIpc) is 2.70. The Kier molecular flexibility index (Phi) is 3.59. The van der Waals surface area contributed by atoms with Crippen LogP contribution in [0.25, 0.3) is 0 Å². The van der Waals surface area contributed by atoms with Gasteiger partial charge in [-0.1, -0.05) is 38.3 Å². The minimum atomic E-state index is -0.577. The monoisotopic (exact) mass is 258 g/mol. The van der Waals surface area contributed by atoms with Crippen LogP contribution in [0.3, 0.4) is 0 Å². The van der Waals surface area contributed by atoms with Crippen LogP contribution in [0.2, 0.25) is 0 Å². The van der Waals surface area contributed by atoms with Crippen molar-refractivity contribution in [3.63, 3.8) is 0 Å². The molecule has 0 aromatic heterocycles. The van der Waals surface area contributed by atoms with Crippen LogP contribution in [0.1, 0.15) is 47.0 Å². The number of hydrogen-bond donors (Lipinski definition) is 0. The molecule has 0 aromatic carbocycles.